The minimum Gasteiger partial charge on any atom is -0.376 e. The molecule has 17 heavy (non-hydrogen) atoms. The lowest BCUT2D eigenvalue weighted by molar-refractivity contribution is 0.0383. The van der Waals surface area contributed by atoms with Gasteiger partial charge in [0.15, 0.2) is 0 Å². The molecular weight excluding hydrogens is 230 g/mol. The maximum Gasteiger partial charge on any atom is 0.0700 e. The molecule has 0 amide bonds. The molecule has 1 aromatic rings. The topological polar surface area (TPSA) is 21.3 Å². The maximum atomic E-state index is 6.01. The Balaban J connectivity index is 1.48. The van der Waals surface area contributed by atoms with E-state index >= 15 is 0 Å². The monoisotopic (exact) mass is 249 g/mol. The summed E-state index contributed by atoms with van der Waals surface area (Å²) < 4.78 is 6.01. The lowest BCUT2D eigenvalue weighted by Crippen LogP contribution is -2.36. The van der Waals surface area contributed by atoms with Crippen LogP contribution in [0.25, 0.3) is 0 Å². The summed E-state index contributed by atoms with van der Waals surface area (Å²) in [5, 5.41) is 4.02. The molecule has 1 N–H and O–H groups in total. The quantitative estimate of drug-likeness (QED) is 0.889. The lowest BCUT2D eigenvalue weighted by Gasteiger charge is -2.24. The van der Waals surface area contributed by atoms with Crippen molar-refractivity contribution >= 4 is 11.8 Å². The summed E-state index contributed by atoms with van der Waals surface area (Å²) >= 11 is 1.98. The first-order chi connectivity index (χ1) is 8.42. The molecule has 2 nitrogen and oxygen atoms in total. The van der Waals surface area contributed by atoms with Crippen LogP contribution in [0, 0.1) is 0 Å². The van der Waals surface area contributed by atoms with Gasteiger partial charge in [0.2, 0.25) is 0 Å². The number of rotatable bonds is 3. The molecular formula is C14H19NOS. The number of hydrogen-bond acceptors (Lipinski definition) is 3. The number of ether oxygens (including phenoxy) is 1. The first-order valence-electron chi connectivity index (χ1n) is 6.49. The number of benzene rings is 1. The Hall–Kier alpha value is -0.510. The van der Waals surface area contributed by atoms with Gasteiger partial charge in [-0.1, -0.05) is 18.2 Å². The summed E-state index contributed by atoms with van der Waals surface area (Å²) in [5.41, 5.74) is 1.49. The minimum absolute atomic E-state index is 0.438. The second kappa shape index (κ2) is 5.42. The summed E-state index contributed by atoms with van der Waals surface area (Å²) in [4.78, 5) is 1.45. The van der Waals surface area contributed by atoms with Crippen molar-refractivity contribution in [1.29, 1.82) is 0 Å². The Kier molecular flexibility index (Phi) is 3.69. The molecule has 92 valence electrons. The Bertz CT molecular complexity index is 351. The molecule has 3 heteroatoms. The predicted molar refractivity (Wildman–Crippen MR) is 71.6 cm³/mol. The summed E-state index contributed by atoms with van der Waals surface area (Å²) in [7, 11) is 0. The van der Waals surface area contributed by atoms with Gasteiger partial charge in [-0.2, -0.15) is 0 Å². The maximum absolute atomic E-state index is 6.01. The third-order valence-electron chi connectivity index (χ3n) is 3.48. The second-order valence-electron chi connectivity index (χ2n) is 4.85. The summed E-state index contributed by atoms with van der Waals surface area (Å²) in [5.74, 6) is 0. The van der Waals surface area contributed by atoms with Crippen LogP contribution in [0.4, 0.5) is 0 Å². The second-order valence-corrected chi connectivity index (χ2v) is 6.20. The highest BCUT2D eigenvalue weighted by atomic mass is 32.2. The number of hydrogen-bond donors (Lipinski definition) is 1. The van der Waals surface area contributed by atoms with Crippen molar-refractivity contribution in [2.45, 2.75) is 35.5 Å². The molecule has 1 saturated heterocycles. The van der Waals surface area contributed by atoms with Gasteiger partial charge >= 0.3 is 0 Å². The number of fused-ring (bicyclic) bond motifs is 1. The fraction of sp³-hybridized carbons (Fsp3) is 0.571. The SMILES string of the molecule is c1ccc2c(c1)CC(COC1CCCNC1)S2. The summed E-state index contributed by atoms with van der Waals surface area (Å²) in [6.45, 7) is 3.08. The van der Waals surface area contributed by atoms with Gasteiger partial charge in [0.25, 0.3) is 0 Å². The number of nitrogens with one attached hydrogen (secondary N) is 1. The average molecular weight is 249 g/mol. The van der Waals surface area contributed by atoms with E-state index in [4.69, 9.17) is 4.74 Å². The molecule has 0 radical (unpaired) electrons. The zero-order valence-electron chi connectivity index (χ0n) is 10.0. The highest BCUT2D eigenvalue weighted by Crippen LogP contribution is 2.36. The Morgan fingerprint density at radius 1 is 1.35 bits per heavy atom. The van der Waals surface area contributed by atoms with Gasteiger partial charge < -0.3 is 10.1 Å². The fourth-order valence-corrected chi connectivity index (χ4v) is 3.78. The van der Waals surface area contributed by atoms with Crippen LogP contribution in [0.15, 0.2) is 29.2 Å². The van der Waals surface area contributed by atoms with Crippen molar-refractivity contribution in [1.82, 2.24) is 5.32 Å². The summed E-state index contributed by atoms with van der Waals surface area (Å²) in [6, 6.07) is 8.72. The largest absolute Gasteiger partial charge is 0.376 e. The van der Waals surface area contributed by atoms with E-state index in [2.05, 4.69) is 29.6 Å². The van der Waals surface area contributed by atoms with Crippen LogP contribution in [-0.4, -0.2) is 31.1 Å². The third-order valence-corrected chi connectivity index (χ3v) is 4.77. The van der Waals surface area contributed by atoms with Crippen molar-refractivity contribution in [2.75, 3.05) is 19.7 Å². The van der Waals surface area contributed by atoms with Gasteiger partial charge in [-0.15, -0.1) is 11.8 Å². The molecule has 2 aliphatic rings. The van der Waals surface area contributed by atoms with E-state index in [-0.39, 0.29) is 0 Å². The van der Waals surface area contributed by atoms with Crippen LogP contribution >= 0.6 is 11.8 Å². The Morgan fingerprint density at radius 2 is 2.29 bits per heavy atom. The van der Waals surface area contributed by atoms with Crippen molar-refractivity contribution < 1.29 is 4.74 Å². The molecule has 3 rings (SSSR count). The highest BCUT2D eigenvalue weighted by molar-refractivity contribution is 8.00. The van der Waals surface area contributed by atoms with Crippen molar-refractivity contribution in [2.24, 2.45) is 0 Å². The molecule has 2 aliphatic heterocycles. The van der Waals surface area contributed by atoms with E-state index in [1.807, 2.05) is 11.8 Å². The first kappa shape index (κ1) is 11.6. The first-order valence-corrected chi connectivity index (χ1v) is 7.36. The van der Waals surface area contributed by atoms with Crippen LogP contribution in [0.5, 0.6) is 0 Å². The predicted octanol–water partition coefficient (Wildman–Crippen LogP) is 2.47. The van der Waals surface area contributed by atoms with Crippen LogP contribution in [0.2, 0.25) is 0 Å². The van der Waals surface area contributed by atoms with Gasteiger partial charge in [0, 0.05) is 16.7 Å². The zero-order chi connectivity index (χ0) is 11.5. The third kappa shape index (κ3) is 2.84. The molecule has 1 fully saturated rings. The van der Waals surface area contributed by atoms with Gasteiger partial charge in [0.1, 0.15) is 0 Å². The van der Waals surface area contributed by atoms with Crippen molar-refractivity contribution in [3.05, 3.63) is 29.8 Å². The van der Waals surface area contributed by atoms with Gasteiger partial charge in [-0.3, -0.25) is 0 Å². The molecule has 0 aromatic heterocycles. The fourth-order valence-electron chi connectivity index (χ4n) is 2.55. The van der Waals surface area contributed by atoms with Gasteiger partial charge in [0.05, 0.1) is 12.7 Å². The van der Waals surface area contributed by atoms with Crippen LogP contribution in [0.3, 0.4) is 0 Å². The molecule has 2 heterocycles. The molecule has 0 spiro atoms. The molecule has 1 aromatic carbocycles. The summed E-state index contributed by atoms with van der Waals surface area (Å²) in [6.07, 6.45) is 4.08. The van der Waals surface area contributed by atoms with E-state index in [0.29, 0.717) is 11.4 Å². The Morgan fingerprint density at radius 3 is 3.12 bits per heavy atom. The molecule has 2 unspecified atom stereocenters. The van der Waals surface area contributed by atoms with E-state index in [1.54, 1.807) is 0 Å². The van der Waals surface area contributed by atoms with Crippen LogP contribution in [0.1, 0.15) is 18.4 Å². The van der Waals surface area contributed by atoms with Gasteiger partial charge in [-0.25, -0.2) is 0 Å². The normalized spacial score (nSPS) is 28.0. The van der Waals surface area contributed by atoms with Crippen LogP contribution in [-0.2, 0) is 11.2 Å². The number of thioether (sulfide) groups is 1. The Labute approximate surface area is 107 Å². The lowest BCUT2D eigenvalue weighted by atomic mass is 10.1. The molecule has 0 aliphatic carbocycles. The van der Waals surface area contributed by atoms with Crippen molar-refractivity contribution in [3.8, 4) is 0 Å². The van der Waals surface area contributed by atoms with Gasteiger partial charge in [-0.05, 0) is 37.4 Å². The van der Waals surface area contributed by atoms with Crippen LogP contribution < -0.4 is 5.32 Å². The highest BCUT2D eigenvalue weighted by Gasteiger charge is 2.23. The zero-order valence-corrected chi connectivity index (χ0v) is 10.8. The smallest absolute Gasteiger partial charge is 0.0700 e. The average Bonchev–Trinajstić information content (AvgIpc) is 2.80. The molecule has 0 bridgehead atoms. The van der Waals surface area contributed by atoms with E-state index in [9.17, 15) is 0 Å². The number of piperidine rings is 1. The minimum atomic E-state index is 0.438. The van der Waals surface area contributed by atoms with E-state index < -0.39 is 0 Å². The van der Waals surface area contributed by atoms with E-state index in [1.165, 1.54) is 29.7 Å². The van der Waals surface area contributed by atoms with Crippen molar-refractivity contribution in [3.63, 3.8) is 0 Å². The molecule has 0 saturated carbocycles. The van der Waals surface area contributed by atoms with E-state index in [0.717, 1.165) is 19.7 Å². The standard InChI is InChI=1S/C14H19NOS/c1-2-6-14-11(4-1)8-13(17-14)10-16-12-5-3-7-15-9-12/h1-2,4,6,12-13,15H,3,5,7-10H2. The molecule has 2 atom stereocenters.